The molecule has 0 aromatic carbocycles. The minimum absolute atomic E-state index is 0.0353. The summed E-state index contributed by atoms with van der Waals surface area (Å²) in [6.07, 6.45) is 7.61. The molecular weight excluding hydrogens is 312 g/mol. The van der Waals surface area contributed by atoms with Crippen molar-refractivity contribution in [1.29, 1.82) is 0 Å². The molecule has 1 aliphatic carbocycles. The second-order valence-electron chi connectivity index (χ2n) is 6.35. The van der Waals surface area contributed by atoms with Gasteiger partial charge in [-0.15, -0.1) is 0 Å². The summed E-state index contributed by atoms with van der Waals surface area (Å²) in [4.78, 5) is 30.7. The van der Waals surface area contributed by atoms with Crippen LogP contribution in [-0.2, 0) is 22.6 Å². The van der Waals surface area contributed by atoms with E-state index in [1.54, 1.807) is 11.8 Å². The van der Waals surface area contributed by atoms with Gasteiger partial charge in [0.15, 0.2) is 0 Å². The fraction of sp³-hybridized carbons (Fsp3) is 0.688. The number of aromatic nitrogens is 2. The third kappa shape index (κ3) is 3.54. The Hall–Kier alpha value is -1.50. The van der Waals surface area contributed by atoms with E-state index in [-0.39, 0.29) is 17.9 Å². The second-order valence-corrected chi connectivity index (χ2v) is 7.22. The average molecular weight is 336 g/mol. The molecule has 7 heteroatoms. The maximum atomic E-state index is 12.2. The van der Waals surface area contributed by atoms with E-state index >= 15 is 0 Å². The largest absolute Gasteiger partial charge is 0.353 e. The minimum Gasteiger partial charge on any atom is -0.353 e. The lowest BCUT2D eigenvalue weighted by molar-refractivity contribution is -0.131. The Bertz CT molecular complexity index is 597. The van der Waals surface area contributed by atoms with Crippen LogP contribution in [0.5, 0.6) is 0 Å². The molecular formula is C16H24N4O2S. The molecule has 1 saturated carbocycles. The van der Waals surface area contributed by atoms with Gasteiger partial charge < -0.3 is 14.8 Å². The van der Waals surface area contributed by atoms with Gasteiger partial charge in [0, 0.05) is 25.3 Å². The van der Waals surface area contributed by atoms with Gasteiger partial charge in [0.25, 0.3) is 0 Å². The Morgan fingerprint density at radius 2 is 2.17 bits per heavy atom. The normalized spacial score (nSPS) is 20.8. The first-order chi connectivity index (χ1) is 11.1. The van der Waals surface area contributed by atoms with Gasteiger partial charge in [-0.25, -0.2) is 4.98 Å². The molecule has 0 bridgehead atoms. The van der Waals surface area contributed by atoms with Gasteiger partial charge in [-0.05, 0) is 32.4 Å². The molecule has 2 aliphatic rings. The summed E-state index contributed by atoms with van der Waals surface area (Å²) >= 11 is 1.54. The van der Waals surface area contributed by atoms with Crippen LogP contribution in [0.2, 0.25) is 0 Å². The van der Waals surface area contributed by atoms with Crippen LogP contribution in [0.15, 0.2) is 6.20 Å². The van der Waals surface area contributed by atoms with Crippen LogP contribution in [0.1, 0.15) is 43.7 Å². The summed E-state index contributed by atoms with van der Waals surface area (Å²) < 4.78 is 2.08. The van der Waals surface area contributed by atoms with Crippen molar-refractivity contribution in [3.63, 3.8) is 0 Å². The van der Waals surface area contributed by atoms with Crippen LogP contribution >= 0.6 is 11.8 Å². The minimum atomic E-state index is -0.0353. The first-order valence-electron chi connectivity index (χ1n) is 8.22. The molecule has 23 heavy (non-hydrogen) atoms. The van der Waals surface area contributed by atoms with Crippen molar-refractivity contribution in [2.75, 3.05) is 18.6 Å². The summed E-state index contributed by atoms with van der Waals surface area (Å²) in [7, 11) is 0. The molecule has 2 amide bonds. The molecule has 1 aromatic rings. The molecule has 126 valence electrons. The predicted molar refractivity (Wildman–Crippen MR) is 90.2 cm³/mol. The first kappa shape index (κ1) is 16.4. The molecule has 1 atom stereocenters. The highest BCUT2D eigenvalue weighted by molar-refractivity contribution is 7.99. The van der Waals surface area contributed by atoms with Gasteiger partial charge in [0.2, 0.25) is 11.8 Å². The zero-order valence-corrected chi connectivity index (χ0v) is 14.6. The molecule has 6 nitrogen and oxygen atoms in total. The van der Waals surface area contributed by atoms with Crippen molar-refractivity contribution in [2.24, 2.45) is 0 Å². The van der Waals surface area contributed by atoms with E-state index in [9.17, 15) is 9.59 Å². The van der Waals surface area contributed by atoms with Crippen LogP contribution in [-0.4, -0.2) is 50.9 Å². The lowest BCUT2D eigenvalue weighted by Gasteiger charge is -2.33. The lowest BCUT2D eigenvalue weighted by atomic mass is 9.93. The maximum Gasteiger partial charge on any atom is 0.233 e. The monoisotopic (exact) mass is 336 g/mol. The number of carbonyl (C=O) groups is 2. The number of hydrogen-bond donors (Lipinski definition) is 1. The number of thioether (sulfide) groups is 1. The van der Waals surface area contributed by atoms with Gasteiger partial charge in [0.05, 0.1) is 23.9 Å². The lowest BCUT2D eigenvalue weighted by Crippen LogP contribution is -2.41. The summed E-state index contributed by atoms with van der Waals surface area (Å²) in [5, 5.41) is 3.04. The molecule has 2 heterocycles. The van der Waals surface area contributed by atoms with Crippen LogP contribution in [0.4, 0.5) is 0 Å². The Kier molecular flexibility index (Phi) is 4.94. The zero-order valence-electron chi connectivity index (χ0n) is 13.7. The molecule has 0 saturated heterocycles. The Labute approximate surface area is 141 Å². The van der Waals surface area contributed by atoms with Gasteiger partial charge >= 0.3 is 0 Å². The van der Waals surface area contributed by atoms with Gasteiger partial charge in [-0.3, -0.25) is 9.59 Å². The fourth-order valence-corrected chi connectivity index (χ4v) is 3.59. The van der Waals surface area contributed by atoms with Crippen molar-refractivity contribution >= 4 is 23.6 Å². The number of hydrogen-bond acceptors (Lipinski definition) is 4. The molecule has 1 aliphatic heterocycles. The van der Waals surface area contributed by atoms with Crippen molar-refractivity contribution in [3.8, 4) is 0 Å². The number of amides is 2. The van der Waals surface area contributed by atoms with Crippen molar-refractivity contribution in [1.82, 2.24) is 19.8 Å². The first-order valence-corrected chi connectivity index (χ1v) is 9.61. The van der Waals surface area contributed by atoms with E-state index in [2.05, 4.69) is 14.9 Å². The molecule has 0 unspecified atom stereocenters. The number of fused-ring (bicyclic) bond motifs is 1. The smallest absolute Gasteiger partial charge is 0.233 e. The molecule has 1 aromatic heterocycles. The quantitative estimate of drug-likeness (QED) is 0.882. The van der Waals surface area contributed by atoms with E-state index in [0.29, 0.717) is 24.8 Å². The molecule has 0 spiro atoms. The van der Waals surface area contributed by atoms with Gasteiger partial charge in [0.1, 0.15) is 5.82 Å². The SMILES string of the molecule is CSCC(=O)N1CCn2cc(CC(=O)NC3CCC3)nc2[C@@H]1C. The molecule has 1 fully saturated rings. The van der Waals surface area contributed by atoms with Crippen LogP contribution in [0.3, 0.4) is 0 Å². The van der Waals surface area contributed by atoms with Gasteiger partial charge in [-0.2, -0.15) is 11.8 Å². The van der Waals surface area contributed by atoms with Crippen LogP contribution in [0.25, 0.3) is 0 Å². The van der Waals surface area contributed by atoms with E-state index in [0.717, 1.165) is 30.9 Å². The van der Waals surface area contributed by atoms with Crippen LogP contribution < -0.4 is 5.32 Å². The Morgan fingerprint density at radius 3 is 2.83 bits per heavy atom. The average Bonchev–Trinajstić information content (AvgIpc) is 2.87. The highest BCUT2D eigenvalue weighted by Crippen LogP contribution is 2.25. The maximum absolute atomic E-state index is 12.2. The van der Waals surface area contributed by atoms with E-state index in [1.165, 1.54) is 6.42 Å². The molecule has 3 rings (SSSR count). The third-order valence-corrected chi connectivity index (χ3v) is 5.22. The van der Waals surface area contributed by atoms with Crippen molar-refractivity contribution < 1.29 is 9.59 Å². The summed E-state index contributed by atoms with van der Waals surface area (Å²) in [5.41, 5.74) is 0.794. The van der Waals surface area contributed by atoms with E-state index < -0.39 is 0 Å². The van der Waals surface area contributed by atoms with Crippen LogP contribution in [0, 0.1) is 0 Å². The molecule has 0 radical (unpaired) electrons. The number of rotatable bonds is 5. The summed E-state index contributed by atoms with van der Waals surface area (Å²) in [5.74, 6) is 1.59. The topological polar surface area (TPSA) is 67.2 Å². The Balaban J connectivity index is 1.65. The predicted octanol–water partition coefficient (Wildman–Crippen LogP) is 1.36. The van der Waals surface area contributed by atoms with E-state index in [4.69, 9.17) is 0 Å². The number of nitrogens with one attached hydrogen (secondary N) is 1. The highest BCUT2D eigenvalue weighted by Gasteiger charge is 2.29. The highest BCUT2D eigenvalue weighted by atomic mass is 32.2. The number of carbonyl (C=O) groups excluding carboxylic acids is 2. The van der Waals surface area contributed by atoms with E-state index in [1.807, 2.05) is 24.3 Å². The Morgan fingerprint density at radius 1 is 1.39 bits per heavy atom. The van der Waals surface area contributed by atoms with Crippen molar-refractivity contribution in [3.05, 3.63) is 17.7 Å². The van der Waals surface area contributed by atoms with Gasteiger partial charge in [-0.1, -0.05) is 0 Å². The zero-order chi connectivity index (χ0) is 16.4. The second kappa shape index (κ2) is 6.95. The summed E-state index contributed by atoms with van der Waals surface area (Å²) in [6.45, 7) is 3.46. The number of imidazole rings is 1. The molecule has 1 N–H and O–H groups in total. The number of nitrogens with zero attached hydrogens (tertiary/aromatic N) is 3. The van der Waals surface area contributed by atoms with Crippen molar-refractivity contribution in [2.45, 2.75) is 51.2 Å². The standard InChI is InChI=1S/C16H24N4O2S/c1-11-16-18-13(8-14(21)17-12-4-3-5-12)9-19(16)6-7-20(11)15(22)10-23-2/h9,11-12H,3-8,10H2,1-2H3,(H,17,21)/t11-/m0/s1. The fourth-order valence-electron chi connectivity index (χ4n) is 3.18. The third-order valence-electron chi connectivity index (χ3n) is 4.68. The summed E-state index contributed by atoms with van der Waals surface area (Å²) in [6, 6.07) is 0.324.